The number of rotatable bonds is 3. The van der Waals surface area contributed by atoms with Crippen LogP contribution in [0.1, 0.15) is 12.8 Å². The molecule has 12 heavy (non-hydrogen) atoms. The zero-order valence-corrected chi connectivity index (χ0v) is 8.48. The molecular weight excluding hydrogens is 195 g/mol. The third-order valence-corrected chi connectivity index (χ3v) is 2.85. The predicted octanol–water partition coefficient (Wildman–Crippen LogP) is 1.73. The molecule has 0 saturated carbocycles. The van der Waals surface area contributed by atoms with Crippen LogP contribution in [0.5, 0.6) is 0 Å². The van der Waals surface area contributed by atoms with Crippen molar-refractivity contribution in [2.45, 2.75) is 18.9 Å². The Labute approximate surface area is 83.3 Å². The standard InChI is InChI=1S/C8H14Cl2N2/c9-4-7(10)6-12-3-1-2-8(12)5-11/h4,8H,1-3,5-6,11H2. The van der Waals surface area contributed by atoms with Crippen molar-refractivity contribution < 1.29 is 0 Å². The fourth-order valence-electron chi connectivity index (χ4n) is 1.60. The number of likely N-dealkylation sites (tertiary alicyclic amines) is 1. The molecule has 70 valence electrons. The normalized spacial score (nSPS) is 26.6. The molecule has 0 radical (unpaired) electrons. The van der Waals surface area contributed by atoms with E-state index in [1.54, 1.807) is 0 Å². The fourth-order valence-corrected chi connectivity index (χ4v) is 1.82. The highest BCUT2D eigenvalue weighted by molar-refractivity contribution is 6.36. The molecule has 1 rings (SSSR count). The Balaban J connectivity index is 2.40. The summed E-state index contributed by atoms with van der Waals surface area (Å²) in [6, 6.07) is 0.496. The maximum absolute atomic E-state index is 5.81. The first-order valence-corrected chi connectivity index (χ1v) is 4.98. The van der Waals surface area contributed by atoms with E-state index in [9.17, 15) is 0 Å². The van der Waals surface area contributed by atoms with Crippen LogP contribution in [-0.4, -0.2) is 30.6 Å². The molecule has 1 unspecified atom stereocenters. The van der Waals surface area contributed by atoms with Gasteiger partial charge >= 0.3 is 0 Å². The molecule has 1 heterocycles. The summed E-state index contributed by atoms with van der Waals surface area (Å²) in [5.74, 6) is 0. The molecule has 0 aromatic rings. The summed E-state index contributed by atoms with van der Waals surface area (Å²) < 4.78 is 0. The molecule has 2 N–H and O–H groups in total. The Morgan fingerprint density at radius 2 is 2.42 bits per heavy atom. The van der Waals surface area contributed by atoms with Gasteiger partial charge in [0.1, 0.15) is 0 Å². The highest BCUT2D eigenvalue weighted by Gasteiger charge is 2.22. The SMILES string of the molecule is NCC1CCCN1CC(Cl)=CCl. The van der Waals surface area contributed by atoms with Crippen LogP contribution in [-0.2, 0) is 0 Å². The van der Waals surface area contributed by atoms with Crippen molar-refractivity contribution in [1.29, 1.82) is 0 Å². The second-order valence-electron chi connectivity index (χ2n) is 3.06. The van der Waals surface area contributed by atoms with Crippen LogP contribution in [0.15, 0.2) is 10.6 Å². The topological polar surface area (TPSA) is 29.3 Å². The Hall–Kier alpha value is 0.240. The van der Waals surface area contributed by atoms with E-state index in [4.69, 9.17) is 28.9 Å². The smallest absolute Gasteiger partial charge is 0.0434 e. The fraction of sp³-hybridized carbons (Fsp3) is 0.750. The van der Waals surface area contributed by atoms with Gasteiger partial charge in [-0.3, -0.25) is 4.90 Å². The van der Waals surface area contributed by atoms with Crippen LogP contribution >= 0.6 is 23.2 Å². The lowest BCUT2D eigenvalue weighted by Gasteiger charge is -2.22. The van der Waals surface area contributed by atoms with Gasteiger partial charge in [-0.1, -0.05) is 23.2 Å². The van der Waals surface area contributed by atoms with Crippen LogP contribution in [0.3, 0.4) is 0 Å². The number of nitrogens with two attached hydrogens (primary N) is 1. The van der Waals surface area contributed by atoms with E-state index in [1.807, 2.05) is 0 Å². The van der Waals surface area contributed by atoms with Crippen molar-refractivity contribution in [1.82, 2.24) is 4.90 Å². The molecule has 2 nitrogen and oxygen atoms in total. The average Bonchev–Trinajstić information content (AvgIpc) is 2.51. The molecule has 0 spiro atoms. The Morgan fingerprint density at radius 1 is 1.67 bits per heavy atom. The summed E-state index contributed by atoms with van der Waals surface area (Å²) in [7, 11) is 0. The van der Waals surface area contributed by atoms with Gasteiger partial charge in [-0.15, -0.1) is 0 Å². The molecule has 0 aromatic heterocycles. The van der Waals surface area contributed by atoms with Gasteiger partial charge in [-0.2, -0.15) is 0 Å². The van der Waals surface area contributed by atoms with Crippen molar-refractivity contribution >= 4 is 23.2 Å². The first kappa shape index (κ1) is 10.3. The molecular formula is C8H14Cl2N2. The largest absolute Gasteiger partial charge is 0.329 e. The van der Waals surface area contributed by atoms with Crippen molar-refractivity contribution in [3.05, 3.63) is 10.6 Å². The van der Waals surface area contributed by atoms with E-state index in [0.717, 1.165) is 13.1 Å². The summed E-state index contributed by atoms with van der Waals surface area (Å²) in [6.07, 6.45) is 2.40. The maximum Gasteiger partial charge on any atom is 0.0434 e. The van der Waals surface area contributed by atoms with Gasteiger partial charge in [0.05, 0.1) is 0 Å². The van der Waals surface area contributed by atoms with Crippen LogP contribution in [0, 0.1) is 0 Å². The molecule has 4 heteroatoms. The quantitative estimate of drug-likeness (QED) is 0.766. The third kappa shape index (κ3) is 2.63. The summed E-state index contributed by atoms with van der Waals surface area (Å²) >= 11 is 11.3. The van der Waals surface area contributed by atoms with E-state index in [0.29, 0.717) is 17.6 Å². The van der Waals surface area contributed by atoms with Crippen molar-refractivity contribution in [3.63, 3.8) is 0 Å². The first-order chi connectivity index (χ1) is 5.77. The Kier molecular flexibility index (Phi) is 4.36. The molecule has 0 amide bonds. The van der Waals surface area contributed by atoms with E-state index >= 15 is 0 Å². The van der Waals surface area contributed by atoms with Gasteiger partial charge in [-0.25, -0.2) is 0 Å². The van der Waals surface area contributed by atoms with Gasteiger partial charge in [0, 0.05) is 29.7 Å². The lowest BCUT2D eigenvalue weighted by Crippen LogP contribution is -2.36. The second kappa shape index (κ2) is 5.07. The second-order valence-corrected chi connectivity index (χ2v) is 3.76. The van der Waals surface area contributed by atoms with Gasteiger partial charge in [0.2, 0.25) is 0 Å². The molecule has 1 aliphatic rings. The third-order valence-electron chi connectivity index (χ3n) is 2.24. The lowest BCUT2D eigenvalue weighted by molar-refractivity contribution is 0.284. The maximum atomic E-state index is 5.81. The minimum Gasteiger partial charge on any atom is -0.329 e. The van der Waals surface area contributed by atoms with E-state index in [-0.39, 0.29) is 0 Å². The van der Waals surface area contributed by atoms with Gasteiger partial charge in [0.25, 0.3) is 0 Å². The van der Waals surface area contributed by atoms with Crippen LogP contribution in [0.25, 0.3) is 0 Å². The van der Waals surface area contributed by atoms with E-state index < -0.39 is 0 Å². The zero-order valence-electron chi connectivity index (χ0n) is 6.97. The first-order valence-electron chi connectivity index (χ1n) is 4.16. The highest BCUT2D eigenvalue weighted by Crippen LogP contribution is 2.18. The molecule has 1 atom stereocenters. The molecule has 0 aliphatic carbocycles. The lowest BCUT2D eigenvalue weighted by atomic mass is 10.2. The summed E-state index contributed by atoms with van der Waals surface area (Å²) in [4.78, 5) is 2.28. The number of halogens is 2. The Bertz CT molecular complexity index is 170. The number of hydrogen-bond donors (Lipinski definition) is 1. The van der Waals surface area contributed by atoms with Crippen LogP contribution < -0.4 is 5.73 Å². The average molecular weight is 209 g/mol. The minimum absolute atomic E-state index is 0.496. The summed E-state index contributed by atoms with van der Waals surface area (Å²) in [5.41, 5.74) is 7.03. The van der Waals surface area contributed by atoms with Crippen molar-refractivity contribution in [3.8, 4) is 0 Å². The summed E-state index contributed by atoms with van der Waals surface area (Å²) in [5, 5.41) is 0.692. The zero-order chi connectivity index (χ0) is 8.97. The molecule has 1 fully saturated rings. The van der Waals surface area contributed by atoms with Gasteiger partial charge < -0.3 is 5.73 Å². The number of hydrogen-bond acceptors (Lipinski definition) is 2. The van der Waals surface area contributed by atoms with Crippen LogP contribution in [0.2, 0.25) is 0 Å². The van der Waals surface area contributed by atoms with Crippen molar-refractivity contribution in [2.75, 3.05) is 19.6 Å². The highest BCUT2D eigenvalue weighted by atomic mass is 35.5. The Morgan fingerprint density at radius 3 is 3.00 bits per heavy atom. The monoisotopic (exact) mass is 208 g/mol. The molecule has 1 aliphatic heterocycles. The van der Waals surface area contributed by atoms with Crippen LogP contribution in [0.4, 0.5) is 0 Å². The minimum atomic E-state index is 0.496. The molecule has 0 bridgehead atoms. The summed E-state index contributed by atoms with van der Waals surface area (Å²) in [6.45, 7) is 2.54. The molecule has 1 saturated heterocycles. The van der Waals surface area contributed by atoms with E-state index in [2.05, 4.69) is 4.90 Å². The molecule has 0 aromatic carbocycles. The van der Waals surface area contributed by atoms with Gasteiger partial charge in [0.15, 0.2) is 0 Å². The van der Waals surface area contributed by atoms with Gasteiger partial charge in [-0.05, 0) is 19.4 Å². The number of nitrogens with zero attached hydrogens (tertiary/aromatic N) is 1. The predicted molar refractivity (Wildman–Crippen MR) is 53.4 cm³/mol. The van der Waals surface area contributed by atoms with Crippen molar-refractivity contribution in [2.24, 2.45) is 5.73 Å². The van der Waals surface area contributed by atoms with E-state index in [1.165, 1.54) is 18.4 Å².